The van der Waals surface area contributed by atoms with Gasteiger partial charge >= 0.3 is 183 Å². The lowest BCUT2D eigenvalue weighted by molar-refractivity contribution is -0.0349. The summed E-state index contributed by atoms with van der Waals surface area (Å²) in [5.41, 5.74) is 0.547. The third-order valence-electron chi connectivity index (χ3n) is 20.2. The summed E-state index contributed by atoms with van der Waals surface area (Å²) in [6, 6.07) is 34.1. The Morgan fingerprint density at radius 3 is 1.08 bits per heavy atom. The second-order valence-corrected chi connectivity index (χ2v) is 97.8. The summed E-state index contributed by atoms with van der Waals surface area (Å²) < 4.78 is 170. The molecule has 596 valence electrons. The number of hydrogen-bond acceptors (Lipinski definition) is 39. The van der Waals surface area contributed by atoms with E-state index in [4.69, 9.17) is 98.8 Å². The maximum Gasteiger partial charge on any atom is 0.658 e. The van der Waals surface area contributed by atoms with Crippen LogP contribution in [0.2, 0.25) is 52.4 Å². The van der Waals surface area contributed by atoms with Crippen molar-refractivity contribution in [3.05, 3.63) is 175 Å². The summed E-state index contributed by atoms with van der Waals surface area (Å²) >= 11 is 0. The first kappa shape index (κ1) is 80.8. The molecule has 61 heteroatoms. The molecule has 26 bridgehead atoms. The first-order chi connectivity index (χ1) is 51.7. The molecule has 22 heterocycles. The molecule has 0 aromatic heterocycles. The van der Waals surface area contributed by atoms with Crippen molar-refractivity contribution >= 4 is 258 Å². The van der Waals surface area contributed by atoms with E-state index in [2.05, 4.69) is 0 Å². The normalized spacial score (nSPS) is 43.5. The molecule has 17 atom stereocenters. The molecule has 0 amide bonds. The fraction of sp³-hybridized carbons (Fsp3) is 0.176. The number of benzene rings is 7. The highest BCUT2D eigenvalue weighted by atomic mass is 29.3. The molecule has 6 spiro atoms. The molecule has 22 aliphatic rings. The quantitative estimate of drug-likeness (QED) is 0.0679. The molecule has 0 radical (unpaired) electrons. The van der Waals surface area contributed by atoms with Crippen LogP contribution in [0.15, 0.2) is 170 Å². The summed E-state index contributed by atoms with van der Waals surface area (Å²) in [6.45, 7) is 12.3. The molecule has 7 aromatic rings. The molecule has 39 nitrogen and oxygen atoms in total. The Morgan fingerprint density at radius 1 is 0.232 bits per heavy atom. The van der Waals surface area contributed by atoms with Gasteiger partial charge in [-0.1, -0.05) is 194 Å². The Balaban J connectivity index is 1.07. The first-order valence-corrected chi connectivity index (χ1v) is 79.0. The Kier molecular flexibility index (Phi) is 18.2. The summed E-state index contributed by atoms with van der Waals surface area (Å²) in [4.78, 5) is 207. The van der Waals surface area contributed by atoms with Crippen LogP contribution in [0.1, 0.15) is 5.56 Å². The summed E-state index contributed by atoms with van der Waals surface area (Å²) in [5.74, 6) is 0. The van der Waals surface area contributed by atoms with Crippen molar-refractivity contribution in [2.75, 3.05) is 0 Å². The topological polar surface area (TPSA) is 525 Å². The second kappa shape index (κ2) is 25.2. The van der Waals surface area contributed by atoms with E-state index in [1.54, 1.807) is 6.92 Å². The van der Waals surface area contributed by atoms with Gasteiger partial charge < -0.3 is 171 Å². The number of aryl methyl sites for hydroxylation is 1. The second-order valence-electron chi connectivity index (χ2n) is 29.6. The SMILES string of the molecule is Cc1ccc([Si]2(O)O[Si]3(O)O[Si]45O[Si]6(O)O[Si](O)(O[Si]7(O6)O[Si]6(O)O[Si]89O[Si](O)(O)O[Si]%10%11O[Si](O)(O[Si](C)(O[Si](O)(O)c%12ccc(cc%12)[Si](C)(O)O[Si](O)(O[Si](C)(O)c%12ccc6cc%12)O8)O[Si](C)(O[Si](C)(C)O[Si]%10(O2)O[Si](O3)(O4)c2ccc7cc2)c2ccc%11cc2)c2ccc9cc2)O[Si](O)(O)[Si](C)(C)c2ccc5cc2)cc1. The van der Waals surface area contributed by atoms with Crippen molar-refractivity contribution in [1.82, 2.24) is 0 Å². The fourth-order valence-corrected chi connectivity index (χ4v) is 120. The van der Waals surface area contributed by atoms with Gasteiger partial charge in [-0.25, -0.2) is 0 Å². The van der Waals surface area contributed by atoms with Gasteiger partial charge in [0.2, 0.25) is 0 Å². The maximum absolute atomic E-state index is 15.0. The molecule has 4 fully saturated rings. The van der Waals surface area contributed by atoms with Crippen molar-refractivity contribution in [2.45, 2.75) is 59.3 Å². The molecule has 22 aliphatic heterocycles. The fourth-order valence-electron chi connectivity index (χ4n) is 14.8. The van der Waals surface area contributed by atoms with E-state index in [1.807, 2.05) is 0 Å². The van der Waals surface area contributed by atoms with E-state index in [-0.39, 0.29) is 41.5 Å². The molecule has 7 aromatic carbocycles. The predicted molar refractivity (Wildman–Crippen MR) is 418 cm³/mol. The Hall–Kier alpha value is -2.25. The molecule has 0 aliphatic carbocycles. The Bertz CT molecular complexity index is 5000. The van der Waals surface area contributed by atoms with Gasteiger partial charge in [0, 0.05) is 48.0 Å². The molecular weight excluding hydrogens is 1850 g/mol. The van der Waals surface area contributed by atoms with E-state index in [0.717, 1.165) is 85.9 Å². The van der Waals surface area contributed by atoms with E-state index in [0.29, 0.717) is 5.56 Å². The highest BCUT2D eigenvalue weighted by Crippen LogP contribution is 2.49. The minimum atomic E-state index is -7.31. The zero-order valence-electron chi connectivity index (χ0n) is 59.7. The summed E-state index contributed by atoms with van der Waals surface area (Å²) in [5, 5.41) is -4.33. The van der Waals surface area contributed by atoms with Gasteiger partial charge in [0.1, 0.15) is 0 Å². The van der Waals surface area contributed by atoms with E-state index in [9.17, 15) is 67.1 Å². The lowest BCUT2D eigenvalue weighted by Gasteiger charge is -2.57. The smallest absolute Gasteiger partial charge is 0.412 e. The lowest BCUT2D eigenvalue weighted by Crippen LogP contribution is -2.93. The zero-order valence-corrected chi connectivity index (χ0v) is 81.7. The van der Waals surface area contributed by atoms with Gasteiger partial charge in [-0.05, 0) is 60.4 Å². The molecule has 112 heavy (non-hydrogen) atoms. The Morgan fingerprint density at radius 2 is 0.589 bits per heavy atom. The van der Waals surface area contributed by atoms with Gasteiger partial charge in [0.25, 0.3) is 0 Å². The number of fused-ring (bicyclic) bond motifs is 8. The van der Waals surface area contributed by atoms with Gasteiger partial charge in [-0.2, -0.15) is 0 Å². The van der Waals surface area contributed by atoms with Gasteiger partial charge in [-0.3, -0.25) is 0 Å². The van der Waals surface area contributed by atoms with E-state index in [1.165, 1.54) is 136 Å². The number of rotatable bonds is 1. The third kappa shape index (κ3) is 13.0. The monoisotopic (exact) mass is 1920 g/mol. The van der Waals surface area contributed by atoms with Crippen LogP contribution in [0.3, 0.4) is 0 Å². The molecule has 15 N–H and O–H groups in total. The van der Waals surface area contributed by atoms with Crippen LogP contribution >= 0.6 is 0 Å². The lowest BCUT2D eigenvalue weighted by atomic mass is 10.2. The van der Waals surface area contributed by atoms with Gasteiger partial charge in [0.15, 0.2) is 7.59 Å². The summed E-state index contributed by atoms with van der Waals surface area (Å²) in [6.07, 6.45) is 0. The average molecular weight is 1920 g/mol. The van der Waals surface area contributed by atoms with E-state index >= 15 is 4.80 Å². The van der Waals surface area contributed by atoms with Crippen LogP contribution in [-0.4, -0.2) is 263 Å². The largest absolute Gasteiger partial charge is 0.658 e. The highest BCUT2D eigenvalue weighted by Gasteiger charge is 2.89. The van der Waals surface area contributed by atoms with E-state index < -0.39 is 217 Å². The van der Waals surface area contributed by atoms with Crippen LogP contribution in [0.4, 0.5) is 0 Å². The minimum Gasteiger partial charge on any atom is -0.412 e. The van der Waals surface area contributed by atoms with Crippen molar-refractivity contribution in [3.8, 4) is 0 Å². The van der Waals surface area contributed by atoms with Crippen LogP contribution in [0.25, 0.3) is 0 Å². The molecule has 4 saturated heterocycles. The first-order valence-electron chi connectivity index (χ1n) is 34.2. The van der Waals surface area contributed by atoms with Crippen molar-refractivity contribution < 1.29 is 171 Å². The molecule has 29 rings (SSSR count). The standard InChI is InChI=1S/C51H70O39Si22/c1-38-10-12-44(13-11-38)100(58)77-109(64)84-103-49-28-14-39(15-29-49)91(2,3)107(61,62)89-111(66)83-102(82-110(65,85-103)90-111)48-32-34-50(35-33-48)104(79-103,86-109)87-112(78-100)68-92(4,5)67-95(8)42-20-36-51(37-21-42)105(112)76-98(56)45-26-30-47(31-27-45)101(80-106(59,60)88-105)74-99(57,75-102)46-24-18-41(19-25-46)94(7,53)70-108(63,81-101)69-93(6,52)40-16-22-43(23-17-40)97(54,55)72-96(9,71-95)73-98/h10-37,52-66H,1-9H3. The van der Waals surface area contributed by atoms with Crippen molar-refractivity contribution in [1.29, 1.82) is 0 Å². The molecule has 17 unspecified atom stereocenters. The molecular formula is C51H70O39Si22. The van der Waals surface area contributed by atoms with Crippen LogP contribution in [-0.2, 0) is 98.8 Å². The van der Waals surface area contributed by atoms with Gasteiger partial charge in [0.05, 0.1) is 0 Å². The van der Waals surface area contributed by atoms with Crippen LogP contribution in [0, 0.1) is 6.92 Å². The van der Waals surface area contributed by atoms with Crippen LogP contribution in [0.5, 0.6) is 0 Å². The average Bonchev–Trinajstić information content (AvgIpc) is 1.15. The van der Waals surface area contributed by atoms with Crippen molar-refractivity contribution in [2.24, 2.45) is 0 Å². The Labute approximate surface area is 658 Å². The molecule has 0 saturated carbocycles. The minimum absolute atomic E-state index is 0.162. The van der Waals surface area contributed by atoms with Gasteiger partial charge in [-0.15, -0.1) is 0 Å². The summed E-state index contributed by atoms with van der Waals surface area (Å²) in [7, 11) is -133. The third-order valence-corrected chi connectivity index (χ3v) is 109. The number of hydrogen-bond donors (Lipinski definition) is 15. The van der Waals surface area contributed by atoms with Crippen molar-refractivity contribution in [3.63, 3.8) is 0 Å². The predicted octanol–water partition coefficient (Wildman–Crippen LogP) is -12.3. The highest BCUT2D eigenvalue weighted by molar-refractivity contribution is 7.41. The maximum atomic E-state index is 15.0. The zero-order chi connectivity index (χ0) is 79.9. The van der Waals surface area contributed by atoms with Crippen LogP contribution < -0.4 is 67.4 Å².